The van der Waals surface area contributed by atoms with Gasteiger partial charge in [0.15, 0.2) is 0 Å². The van der Waals surface area contributed by atoms with Crippen LogP contribution in [-0.2, 0) is 9.53 Å². The largest absolute Gasteiger partial charge is 0.467 e. The molecule has 0 fully saturated rings. The first-order chi connectivity index (χ1) is 9.11. The molecule has 7 nitrogen and oxygen atoms in total. The van der Waals surface area contributed by atoms with Gasteiger partial charge >= 0.3 is 5.97 Å². The highest BCUT2D eigenvalue weighted by molar-refractivity contribution is 5.78. The molecule has 0 saturated carbocycles. The SMILES string of the molecule is COC(=O)C(C)Nc1cc(-n2cnnn2)ccc1F. The van der Waals surface area contributed by atoms with E-state index in [1.54, 1.807) is 6.92 Å². The zero-order valence-corrected chi connectivity index (χ0v) is 10.4. The van der Waals surface area contributed by atoms with E-state index in [1.807, 2.05) is 0 Å². The number of ether oxygens (including phenoxy) is 1. The number of carbonyl (C=O) groups excluding carboxylic acids is 1. The van der Waals surface area contributed by atoms with Crippen molar-refractivity contribution in [2.45, 2.75) is 13.0 Å². The molecule has 1 heterocycles. The molecule has 0 aliphatic rings. The number of halogens is 1. The third-order valence-corrected chi connectivity index (χ3v) is 2.49. The van der Waals surface area contributed by atoms with Gasteiger partial charge in [-0.15, -0.1) is 5.10 Å². The Bertz CT molecular complexity index is 572. The van der Waals surface area contributed by atoms with Gasteiger partial charge in [0.25, 0.3) is 0 Å². The molecule has 1 N–H and O–H groups in total. The fraction of sp³-hybridized carbons (Fsp3) is 0.273. The number of anilines is 1. The van der Waals surface area contributed by atoms with Crippen LogP contribution < -0.4 is 5.32 Å². The molecule has 8 heteroatoms. The molecule has 0 saturated heterocycles. The lowest BCUT2D eigenvalue weighted by atomic mass is 10.2. The van der Waals surface area contributed by atoms with Crippen molar-refractivity contribution < 1.29 is 13.9 Å². The number of carbonyl (C=O) groups is 1. The van der Waals surface area contributed by atoms with Crippen molar-refractivity contribution in [3.63, 3.8) is 0 Å². The number of methoxy groups -OCH3 is 1. The maximum absolute atomic E-state index is 13.7. The second kappa shape index (κ2) is 5.42. The average molecular weight is 265 g/mol. The third kappa shape index (κ3) is 2.84. The summed E-state index contributed by atoms with van der Waals surface area (Å²) < 4.78 is 19.6. The molecule has 1 aromatic heterocycles. The van der Waals surface area contributed by atoms with Gasteiger partial charge in [0.1, 0.15) is 18.2 Å². The Kier molecular flexibility index (Phi) is 3.69. The van der Waals surface area contributed by atoms with E-state index >= 15 is 0 Å². The zero-order chi connectivity index (χ0) is 13.8. The molecular weight excluding hydrogens is 253 g/mol. The highest BCUT2D eigenvalue weighted by atomic mass is 19.1. The number of hydrogen-bond donors (Lipinski definition) is 1. The molecule has 1 aromatic carbocycles. The van der Waals surface area contributed by atoms with Crippen LogP contribution in [0.25, 0.3) is 5.69 Å². The minimum Gasteiger partial charge on any atom is -0.467 e. The average Bonchev–Trinajstić information content (AvgIpc) is 2.94. The van der Waals surface area contributed by atoms with E-state index in [2.05, 4.69) is 25.6 Å². The fourth-order valence-electron chi connectivity index (χ4n) is 1.51. The normalized spacial score (nSPS) is 11.9. The van der Waals surface area contributed by atoms with Crippen LogP contribution in [0.3, 0.4) is 0 Å². The van der Waals surface area contributed by atoms with Gasteiger partial charge in [-0.3, -0.25) is 0 Å². The molecule has 0 radical (unpaired) electrons. The van der Waals surface area contributed by atoms with Crippen LogP contribution in [0.2, 0.25) is 0 Å². The monoisotopic (exact) mass is 265 g/mol. The lowest BCUT2D eigenvalue weighted by Gasteiger charge is -2.14. The Hall–Kier alpha value is -2.51. The van der Waals surface area contributed by atoms with Crippen LogP contribution in [0, 0.1) is 5.82 Å². The van der Waals surface area contributed by atoms with Crippen LogP contribution in [0.1, 0.15) is 6.92 Å². The molecule has 0 aliphatic carbocycles. The second-order valence-corrected chi connectivity index (χ2v) is 3.81. The van der Waals surface area contributed by atoms with E-state index in [0.29, 0.717) is 5.69 Å². The molecule has 19 heavy (non-hydrogen) atoms. The summed E-state index contributed by atoms with van der Waals surface area (Å²) in [7, 11) is 1.27. The number of nitrogens with zero attached hydrogens (tertiary/aromatic N) is 4. The Morgan fingerprint density at radius 3 is 2.95 bits per heavy atom. The molecular formula is C11H12FN5O2. The van der Waals surface area contributed by atoms with E-state index < -0.39 is 17.8 Å². The number of aromatic nitrogens is 4. The van der Waals surface area contributed by atoms with Crippen LogP contribution in [0.15, 0.2) is 24.5 Å². The number of nitrogens with one attached hydrogen (secondary N) is 1. The lowest BCUT2D eigenvalue weighted by molar-refractivity contribution is -0.141. The summed E-state index contributed by atoms with van der Waals surface area (Å²) >= 11 is 0. The maximum Gasteiger partial charge on any atom is 0.327 e. The van der Waals surface area contributed by atoms with Gasteiger partial charge in [0, 0.05) is 0 Å². The Morgan fingerprint density at radius 2 is 2.32 bits per heavy atom. The molecule has 0 aliphatic heterocycles. The van der Waals surface area contributed by atoms with E-state index in [-0.39, 0.29) is 5.69 Å². The van der Waals surface area contributed by atoms with Gasteiger partial charge in [-0.1, -0.05) is 0 Å². The van der Waals surface area contributed by atoms with Crippen molar-refractivity contribution in [2.75, 3.05) is 12.4 Å². The van der Waals surface area contributed by atoms with Crippen LogP contribution >= 0.6 is 0 Å². The van der Waals surface area contributed by atoms with Crippen molar-refractivity contribution in [1.82, 2.24) is 20.2 Å². The van der Waals surface area contributed by atoms with E-state index in [4.69, 9.17) is 0 Å². The standard InChI is InChI=1S/C11H12FN5O2/c1-7(11(18)19-2)14-10-5-8(3-4-9(10)12)17-6-13-15-16-17/h3-7,14H,1-2H3. The van der Waals surface area contributed by atoms with Gasteiger partial charge in [0.05, 0.1) is 18.5 Å². The Labute approximate surface area is 108 Å². The summed E-state index contributed by atoms with van der Waals surface area (Å²) in [5.41, 5.74) is 0.747. The van der Waals surface area contributed by atoms with Crippen molar-refractivity contribution in [3.05, 3.63) is 30.3 Å². The predicted octanol–water partition coefficient (Wildman–Crippen LogP) is 0.775. The predicted molar refractivity (Wildman–Crippen MR) is 64.2 cm³/mol. The summed E-state index contributed by atoms with van der Waals surface area (Å²) in [6.07, 6.45) is 1.39. The van der Waals surface area contributed by atoms with Gasteiger partial charge < -0.3 is 10.1 Å². The first kappa shape index (κ1) is 12.9. The third-order valence-electron chi connectivity index (χ3n) is 2.49. The molecule has 0 bridgehead atoms. The summed E-state index contributed by atoms with van der Waals surface area (Å²) in [6, 6.07) is 3.64. The van der Waals surface area contributed by atoms with E-state index in [1.165, 1.54) is 36.3 Å². The topological polar surface area (TPSA) is 81.9 Å². The molecule has 1 unspecified atom stereocenters. The minimum absolute atomic E-state index is 0.172. The van der Waals surface area contributed by atoms with Crippen molar-refractivity contribution >= 4 is 11.7 Å². The Morgan fingerprint density at radius 1 is 1.53 bits per heavy atom. The fourth-order valence-corrected chi connectivity index (χ4v) is 1.51. The number of esters is 1. The number of benzene rings is 1. The summed E-state index contributed by atoms with van der Waals surface area (Å²) in [5, 5.41) is 13.4. The van der Waals surface area contributed by atoms with Gasteiger partial charge in [-0.25, -0.2) is 13.9 Å². The maximum atomic E-state index is 13.7. The number of tetrazole rings is 1. The van der Waals surface area contributed by atoms with Crippen LogP contribution in [-0.4, -0.2) is 39.3 Å². The molecule has 100 valence electrons. The number of hydrogen-bond acceptors (Lipinski definition) is 6. The lowest BCUT2D eigenvalue weighted by Crippen LogP contribution is -2.27. The van der Waals surface area contributed by atoms with E-state index in [9.17, 15) is 9.18 Å². The summed E-state index contributed by atoms with van der Waals surface area (Å²) in [6.45, 7) is 1.58. The van der Waals surface area contributed by atoms with Gasteiger partial charge in [0.2, 0.25) is 0 Å². The van der Waals surface area contributed by atoms with Crippen LogP contribution in [0.4, 0.5) is 10.1 Å². The highest BCUT2D eigenvalue weighted by Gasteiger charge is 2.15. The van der Waals surface area contributed by atoms with Crippen molar-refractivity contribution in [2.24, 2.45) is 0 Å². The highest BCUT2D eigenvalue weighted by Crippen LogP contribution is 2.19. The summed E-state index contributed by atoms with van der Waals surface area (Å²) in [4.78, 5) is 11.3. The zero-order valence-electron chi connectivity index (χ0n) is 10.4. The summed E-state index contributed by atoms with van der Waals surface area (Å²) in [5.74, 6) is -0.959. The second-order valence-electron chi connectivity index (χ2n) is 3.81. The van der Waals surface area contributed by atoms with Crippen molar-refractivity contribution in [1.29, 1.82) is 0 Å². The van der Waals surface area contributed by atoms with E-state index in [0.717, 1.165) is 0 Å². The van der Waals surface area contributed by atoms with Gasteiger partial charge in [-0.05, 0) is 35.5 Å². The molecule has 1 atom stereocenters. The van der Waals surface area contributed by atoms with Gasteiger partial charge in [-0.2, -0.15) is 0 Å². The first-order valence-corrected chi connectivity index (χ1v) is 5.49. The molecule has 2 rings (SSSR count). The minimum atomic E-state index is -0.663. The van der Waals surface area contributed by atoms with Crippen LogP contribution in [0.5, 0.6) is 0 Å². The first-order valence-electron chi connectivity index (χ1n) is 5.49. The quantitative estimate of drug-likeness (QED) is 0.822. The molecule has 2 aromatic rings. The number of rotatable bonds is 4. The Balaban J connectivity index is 2.25. The molecule has 0 spiro atoms. The smallest absolute Gasteiger partial charge is 0.327 e. The molecule has 0 amide bonds. The van der Waals surface area contributed by atoms with Crippen molar-refractivity contribution in [3.8, 4) is 5.69 Å².